The first-order valence-electron chi connectivity index (χ1n) is 12.5. The molecule has 1 aliphatic carbocycles. The minimum atomic E-state index is -3.86. The lowest BCUT2D eigenvalue weighted by molar-refractivity contribution is -0.146. The number of nitrogens with one attached hydrogen (secondary N) is 1. The summed E-state index contributed by atoms with van der Waals surface area (Å²) in [7, 11) is -2.35. The molecule has 1 heterocycles. The van der Waals surface area contributed by atoms with Gasteiger partial charge in [0, 0.05) is 32.0 Å². The summed E-state index contributed by atoms with van der Waals surface area (Å²) in [5.74, 6) is 0.936. The van der Waals surface area contributed by atoms with Gasteiger partial charge < -0.3 is 24.6 Å². The molecule has 2 aromatic rings. The first kappa shape index (κ1) is 27.1. The molecule has 4 rings (SSSR count). The number of allylic oxidation sites excluding steroid dienone is 1. The van der Waals surface area contributed by atoms with E-state index in [-0.39, 0.29) is 48.8 Å². The zero-order valence-corrected chi connectivity index (χ0v) is 21.7. The molecule has 0 radical (unpaired) electrons. The summed E-state index contributed by atoms with van der Waals surface area (Å²) >= 11 is 0. The number of amides is 1. The molecule has 9 nitrogen and oxygen atoms in total. The van der Waals surface area contributed by atoms with Gasteiger partial charge >= 0.3 is 0 Å². The van der Waals surface area contributed by atoms with Crippen LogP contribution in [-0.2, 0) is 24.3 Å². The van der Waals surface area contributed by atoms with Crippen LogP contribution in [0.25, 0.3) is 0 Å². The lowest BCUT2D eigenvalue weighted by atomic mass is 9.93. The smallest absolute Gasteiger partial charge is 0.286 e. The number of sulfonamides is 1. The van der Waals surface area contributed by atoms with E-state index in [1.807, 2.05) is 36.4 Å². The van der Waals surface area contributed by atoms with Crippen molar-refractivity contribution in [3.8, 4) is 5.75 Å². The molecule has 2 aliphatic rings. The first-order valence-corrected chi connectivity index (χ1v) is 13.9. The van der Waals surface area contributed by atoms with Crippen LogP contribution in [0.1, 0.15) is 30.7 Å². The second-order valence-electron chi connectivity index (χ2n) is 9.16. The molecular formula is C27H34N2O7S. The topological polar surface area (TPSA) is 114 Å². The van der Waals surface area contributed by atoms with Gasteiger partial charge in [-0.15, -0.1) is 0 Å². The molecule has 1 aliphatic heterocycles. The SMILES string of the molecule is COc1ccc(S(=O)(=O)N(CCO)CCO[C@H]2C[C@@H](c3ccccc3)C=C(C(=O)NCC3CC3)O2)cc1. The third-order valence-corrected chi connectivity index (χ3v) is 8.36. The summed E-state index contributed by atoms with van der Waals surface area (Å²) in [5.41, 5.74) is 1.04. The van der Waals surface area contributed by atoms with Gasteiger partial charge in [0.1, 0.15) is 5.75 Å². The van der Waals surface area contributed by atoms with Gasteiger partial charge in [-0.2, -0.15) is 4.31 Å². The van der Waals surface area contributed by atoms with E-state index in [4.69, 9.17) is 14.2 Å². The fraction of sp³-hybridized carbons (Fsp3) is 0.444. The summed E-state index contributed by atoms with van der Waals surface area (Å²) in [6.07, 6.45) is 3.83. The summed E-state index contributed by atoms with van der Waals surface area (Å²) in [5, 5.41) is 12.4. The van der Waals surface area contributed by atoms with Crippen molar-refractivity contribution in [3.63, 3.8) is 0 Å². The van der Waals surface area contributed by atoms with Crippen LogP contribution in [0.15, 0.2) is 71.3 Å². The van der Waals surface area contributed by atoms with Gasteiger partial charge in [-0.3, -0.25) is 4.79 Å². The number of hydrogen-bond acceptors (Lipinski definition) is 7. The van der Waals surface area contributed by atoms with E-state index < -0.39 is 16.3 Å². The maximum Gasteiger partial charge on any atom is 0.286 e. The Morgan fingerprint density at radius 1 is 1.11 bits per heavy atom. The molecule has 0 spiro atoms. The largest absolute Gasteiger partial charge is 0.497 e. The number of aliphatic hydroxyl groups excluding tert-OH is 1. The van der Waals surface area contributed by atoms with Crippen molar-refractivity contribution in [2.45, 2.75) is 36.4 Å². The predicted octanol–water partition coefficient (Wildman–Crippen LogP) is 2.64. The number of hydrogen-bond donors (Lipinski definition) is 2. The Labute approximate surface area is 218 Å². The minimum absolute atomic E-state index is 0.0116. The Kier molecular flexibility index (Phi) is 9.20. The van der Waals surface area contributed by atoms with Crippen LogP contribution in [0.4, 0.5) is 0 Å². The molecule has 1 fully saturated rings. The van der Waals surface area contributed by atoms with Gasteiger partial charge in [-0.25, -0.2) is 8.42 Å². The molecule has 10 heteroatoms. The van der Waals surface area contributed by atoms with Gasteiger partial charge in [0.05, 0.1) is 25.2 Å². The number of benzene rings is 2. The van der Waals surface area contributed by atoms with Crippen molar-refractivity contribution >= 4 is 15.9 Å². The zero-order valence-electron chi connectivity index (χ0n) is 20.9. The van der Waals surface area contributed by atoms with Gasteiger partial charge in [-0.05, 0) is 54.7 Å². The van der Waals surface area contributed by atoms with Crippen LogP contribution in [-0.4, -0.2) is 70.0 Å². The molecule has 200 valence electrons. The normalized spacial score (nSPS) is 19.7. The molecular weight excluding hydrogens is 496 g/mol. The second kappa shape index (κ2) is 12.6. The van der Waals surface area contributed by atoms with Crippen molar-refractivity contribution in [2.75, 3.05) is 40.0 Å². The van der Waals surface area contributed by atoms with E-state index in [9.17, 15) is 18.3 Å². The van der Waals surface area contributed by atoms with E-state index in [0.29, 0.717) is 24.6 Å². The van der Waals surface area contributed by atoms with Gasteiger partial charge in [0.25, 0.3) is 5.91 Å². The maximum atomic E-state index is 13.1. The summed E-state index contributed by atoms with van der Waals surface area (Å²) < 4.78 is 44.4. The molecule has 37 heavy (non-hydrogen) atoms. The van der Waals surface area contributed by atoms with Crippen LogP contribution in [0.5, 0.6) is 5.75 Å². The number of aliphatic hydroxyl groups is 1. The van der Waals surface area contributed by atoms with Crippen LogP contribution in [0, 0.1) is 5.92 Å². The average Bonchev–Trinajstić information content (AvgIpc) is 3.76. The third-order valence-electron chi connectivity index (χ3n) is 6.45. The number of carbonyl (C=O) groups excluding carboxylic acids is 1. The van der Waals surface area contributed by atoms with Crippen molar-refractivity contribution in [2.24, 2.45) is 5.92 Å². The molecule has 0 bridgehead atoms. The molecule has 1 saturated carbocycles. The molecule has 2 aromatic carbocycles. The van der Waals surface area contributed by atoms with Crippen molar-refractivity contribution in [1.82, 2.24) is 9.62 Å². The molecule has 0 aromatic heterocycles. The van der Waals surface area contributed by atoms with Gasteiger partial charge in [0.2, 0.25) is 16.3 Å². The lowest BCUT2D eigenvalue weighted by Gasteiger charge is -2.30. The van der Waals surface area contributed by atoms with Crippen LogP contribution in [0.3, 0.4) is 0 Å². The maximum absolute atomic E-state index is 13.1. The number of carbonyl (C=O) groups is 1. The first-order chi connectivity index (χ1) is 17.9. The average molecular weight is 531 g/mol. The van der Waals surface area contributed by atoms with Crippen LogP contribution < -0.4 is 10.1 Å². The highest BCUT2D eigenvalue weighted by molar-refractivity contribution is 7.89. The Balaban J connectivity index is 1.41. The minimum Gasteiger partial charge on any atom is -0.497 e. The number of rotatable bonds is 13. The number of nitrogens with zero attached hydrogens (tertiary/aromatic N) is 1. The Morgan fingerprint density at radius 2 is 1.84 bits per heavy atom. The van der Waals surface area contributed by atoms with Crippen molar-refractivity contribution in [1.29, 1.82) is 0 Å². The van der Waals surface area contributed by atoms with Gasteiger partial charge in [-0.1, -0.05) is 30.3 Å². The Morgan fingerprint density at radius 3 is 2.49 bits per heavy atom. The number of ether oxygens (including phenoxy) is 3. The molecule has 0 saturated heterocycles. The highest BCUT2D eigenvalue weighted by Crippen LogP contribution is 2.32. The second-order valence-corrected chi connectivity index (χ2v) is 11.1. The van der Waals surface area contributed by atoms with E-state index >= 15 is 0 Å². The van der Waals surface area contributed by atoms with Crippen molar-refractivity contribution in [3.05, 3.63) is 72.0 Å². The van der Waals surface area contributed by atoms with Gasteiger partial charge in [0.15, 0.2) is 5.76 Å². The van der Waals surface area contributed by atoms with E-state index in [0.717, 1.165) is 18.4 Å². The van der Waals surface area contributed by atoms with E-state index in [1.54, 1.807) is 12.1 Å². The molecule has 0 unspecified atom stereocenters. The highest BCUT2D eigenvalue weighted by atomic mass is 32.2. The summed E-state index contributed by atoms with van der Waals surface area (Å²) in [6, 6.07) is 15.9. The van der Waals surface area contributed by atoms with Crippen LogP contribution >= 0.6 is 0 Å². The van der Waals surface area contributed by atoms with E-state index in [1.165, 1.54) is 23.5 Å². The number of methoxy groups -OCH3 is 1. The molecule has 2 atom stereocenters. The Hall–Kier alpha value is -2.92. The summed E-state index contributed by atoms with van der Waals surface area (Å²) in [4.78, 5) is 12.9. The molecule has 2 N–H and O–H groups in total. The van der Waals surface area contributed by atoms with E-state index in [2.05, 4.69) is 5.32 Å². The fourth-order valence-corrected chi connectivity index (χ4v) is 5.56. The highest BCUT2D eigenvalue weighted by Gasteiger charge is 2.31. The Bertz CT molecular complexity index is 1170. The standard InChI is InChI=1S/C27H34N2O7S/c1-34-23-9-11-24(12-10-23)37(32,33)29(13-15-30)14-16-35-26-18-22(21-5-3-2-4-6-21)17-25(36-26)27(31)28-19-20-7-8-20/h2-6,9-12,17,20,22,26,30H,7-8,13-16,18-19H2,1H3,(H,28,31)/t22-,26+/m0/s1. The fourth-order valence-electron chi connectivity index (χ4n) is 4.14. The monoisotopic (exact) mass is 530 g/mol. The zero-order chi connectivity index (χ0) is 26.3. The van der Waals surface area contributed by atoms with Crippen LogP contribution in [0.2, 0.25) is 0 Å². The predicted molar refractivity (Wildman–Crippen MR) is 137 cm³/mol. The summed E-state index contributed by atoms with van der Waals surface area (Å²) in [6.45, 7) is 0.251. The quantitative estimate of drug-likeness (QED) is 0.409. The van der Waals surface area contributed by atoms with Crippen molar-refractivity contribution < 1.29 is 32.5 Å². The molecule has 1 amide bonds. The third kappa shape index (κ3) is 7.32. The lowest BCUT2D eigenvalue weighted by Crippen LogP contribution is -2.38.